The van der Waals surface area contributed by atoms with Crippen molar-refractivity contribution >= 4 is 17.3 Å². The largest absolute Gasteiger partial charge is 0.390 e. The van der Waals surface area contributed by atoms with Crippen molar-refractivity contribution in [3.05, 3.63) is 59.9 Å². The third-order valence-corrected chi connectivity index (χ3v) is 3.29. The van der Waals surface area contributed by atoms with Gasteiger partial charge in [-0.1, -0.05) is 18.2 Å². The highest BCUT2D eigenvalue weighted by molar-refractivity contribution is 5.80. The molecule has 0 aliphatic heterocycles. The summed E-state index contributed by atoms with van der Waals surface area (Å²) in [6, 6.07) is 12.5. The van der Waals surface area contributed by atoms with Crippen LogP contribution in [-0.2, 0) is 6.54 Å². The molecule has 0 fully saturated rings. The van der Waals surface area contributed by atoms with Crippen molar-refractivity contribution in [1.82, 2.24) is 0 Å². The van der Waals surface area contributed by atoms with Crippen molar-refractivity contribution in [2.24, 2.45) is 0 Å². The van der Waals surface area contributed by atoms with Crippen LogP contribution < -0.4 is 9.88 Å². The lowest BCUT2D eigenvalue weighted by atomic mass is 10.1. The van der Waals surface area contributed by atoms with Gasteiger partial charge in [-0.25, -0.2) is 4.57 Å². The van der Waals surface area contributed by atoms with E-state index in [0.717, 1.165) is 5.69 Å². The Balaban J connectivity index is 2.16. The van der Waals surface area contributed by atoms with E-state index < -0.39 is 0 Å². The van der Waals surface area contributed by atoms with E-state index in [4.69, 9.17) is 5.11 Å². The Morgan fingerprint density at radius 3 is 2.35 bits per heavy atom. The molecule has 2 rings (SSSR count). The zero-order valence-electron chi connectivity index (χ0n) is 12.0. The molecule has 1 heterocycles. The van der Waals surface area contributed by atoms with Crippen LogP contribution in [0, 0.1) is 0 Å². The molecule has 0 aliphatic carbocycles. The number of anilines is 1. The highest BCUT2D eigenvalue weighted by Crippen LogP contribution is 2.17. The van der Waals surface area contributed by atoms with E-state index in [-0.39, 0.29) is 6.61 Å². The van der Waals surface area contributed by atoms with Gasteiger partial charge in [0, 0.05) is 24.9 Å². The molecule has 0 unspecified atom stereocenters. The Kier molecular flexibility index (Phi) is 4.91. The number of hydrogen-bond donors (Lipinski definition) is 2. The summed E-state index contributed by atoms with van der Waals surface area (Å²) < 4.78 is 1.97. The lowest BCUT2D eigenvalue weighted by Gasteiger charge is -2.03. The molecule has 0 saturated heterocycles. The zero-order valence-corrected chi connectivity index (χ0v) is 12.0. The topological polar surface area (TPSA) is 36.1 Å². The fraction of sp³-hybridized carbons (Fsp3) is 0.235. The number of benzene rings is 1. The van der Waals surface area contributed by atoms with E-state index >= 15 is 0 Å². The molecule has 0 spiro atoms. The first-order valence-electron chi connectivity index (χ1n) is 6.79. The first-order valence-corrected chi connectivity index (χ1v) is 6.79. The molecular weight excluding hydrogens is 248 g/mol. The number of aromatic nitrogens is 1. The highest BCUT2D eigenvalue weighted by atomic mass is 16.3. The van der Waals surface area contributed by atoms with Crippen LogP contribution >= 0.6 is 0 Å². The summed E-state index contributed by atoms with van der Waals surface area (Å²) in [4.78, 5) is 0. The fourth-order valence-corrected chi connectivity index (χ4v) is 2.06. The number of nitrogens with one attached hydrogen (secondary N) is 1. The van der Waals surface area contributed by atoms with Crippen LogP contribution in [0.5, 0.6) is 0 Å². The number of rotatable bonds is 5. The third kappa shape index (κ3) is 3.68. The third-order valence-electron chi connectivity index (χ3n) is 3.29. The van der Waals surface area contributed by atoms with Gasteiger partial charge in [0.2, 0.25) is 0 Å². The van der Waals surface area contributed by atoms with E-state index in [1.165, 1.54) is 16.7 Å². The Morgan fingerprint density at radius 1 is 1.15 bits per heavy atom. The first kappa shape index (κ1) is 14.3. The van der Waals surface area contributed by atoms with E-state index in [9.17, 15) is 0 Å². The maximum absolute atomic E-state index is 8.90. The van der Waals surface area contributed by atoms with Gasteiger partial charge in [0.25, 0.3) is 0 Å². The van der Waals surface area contributed by atoms with E-state index in [2.05, 4.69) is 54.7 Å². The average Bonchev–Trinajstić information content (AvgIpc) is 2.49. The molecule has 1 aromatic heterocycles. The minimum absolute atomic E-state index is 0.163. The number of pyridine rings is 1. The van der Waals surface area contributed by atoms with Gasteiger partial charge in [0.05, 0.1) is 0 Å². The predicted molar refractivity (Wildman–Crippen MR) is 83.3 cm³/mol. The summed E-state index contributed by atoms with van der Waals surface area (Å²) in [5.74, 6) is 0. The molecular formula is C17H21N2O+. The van der Waals surface area contributed by atoms with Crippen LogP contribution in [0.4, 0.5) is 5.69 Å². The minimum atomic E-state index is 0.163. The van der Waals surface area contributed by atoms with E-state index in [1.807, 2.05) is 24.0 Å². The summed E-state index contributed by atoms with van der Waals surface area (Å²) >= 11 is 0. The summed E-state index contributed by atoms with van der Waals surface area (Å²) in [5, 5.41) is 12.0. The average molecular weight is 269 g/mol. The number of hydrogen-bond acceptors (Lipinski definition) is 2. The van der Waals surface area contributed by atoms with Crippen molar-refractivity contribution in [1.29, 1.82) is 0 Å². The standard InChI is InChI=1S/C17H20N2O/c1-14(13-15-3-5-17(18-2)6-4-15)16-7-9-19(10-8-16)11-12-20/h3-10,13,20H,11-12H2,1-2H3/p+1. The number of nitrogens with zero attached hydrogens (tertiary/aromatic N) is 1. The van der Waals surface area contributed by atoms with Crippen LogP contribution in [0.3, 0.4) is 0 Å². The number of allylic oxidation sites excluding steroid dienone is 1. The van der Waals surface area contributed by atoms with Gasteiger partial charge < -0.3 is 10.4 Å². The molecule has 0 aliphatic rings. The Hall–Kier alpha value is -2.13. The van der Waals surface area contributed by atoms with Gasteiger partial charge in [-0.2, -0.15) is 0 Å². The molecule has 0 amide bonds. The van der Waals surface area contributed by atoms with Gasteiger partial charge in [0.1, 0.15) is 6.61 Å². The second-order valence-corrected chi connectivity index (χ2v) is 4.75. The van der Waals surface area contributed by atoms with Crippen molar-refractivity contribution in [3.63, 3.8) is 0 Å². The van der Waals surface area contributed by atoms with Gasteiger partial charge >= 0.3 is 0 Å². The summed E-state index contributed by atoms with van der Waals surface area (Å²) in [6.07, 6.45) is 6.16. The molecule has 0 radical (unpaired) electrons. The molecule has 1 aromatic carbocycles. The lowest BCUT2D eigenvalue weighted by molar-refractivity contribution is -0.698. The fourth-order valence-electron chi connectivity index (χ4n) is 2.06. The van der Waals surface area contributed by atoms with Crippen LogP contribution in [0.2, 0.25) is 0 Å². The van der Waals surface area contributed by atoms with Gasteiger partial charge in [0.15, 0.2) is 18.9 Å². The highest BCUT2D eigenvalue weighted by Gasteiger charge is 2.01. The summed E-state index contributed by atoms with van der Waals surface area (Å²) in [5.41, 5.74) is 4.72. The van der Waals surface area contributed by atoms with Crippen LogP contribution in [0.1, 0.15) is 18.1 Å². The van der Waals surface area contributed by atoms with E-state index in [1.54, 1.807) is 0 Å². The number of aliphatic hydroxyl groups excluding tert-OH is 1. The first-order chi connectivity index (χ1) is 9.72. The monoisotopic (exact) mass is 269 g/mol. The van der Waals surface area contributed by atoms with Gasteiger partial charge in [-0.3, -0.25) is 0 Å². The quantitative estimate of drug-likeness (QED) is 0.818. The minimum Gasteiger partial charge on any atom is -0.390 e. The molecule has 20 heavy (non-hydrogen) atoms. The molecule has 104 valence electrons. The summed E-state index contributed by atoms with van der Waals surface area (Å²) in [6.45, 7) is 2.91. The second kappa shape index (κ2) is 6.87. The zero-order chi connectivity index (χ0) is 14.4. The molecule has 0 bridgehead atoms. The SMILES string of the molecule is CNc1ccc(/C=C(\C)c2cc[n+](CCO)cc2)cc1. The maximum Gasteiger partial charge on any atom is 0.171 e. The van der Waals surface area contributed by atoms with Gasteiger partial charge in [-0.15, -0.1) is 0 Å². The molecule has 3 heteroatoms. The molecule has 0 saturated carbocycles. The predicted octanol–water partition coefficient (Wildman–Crippen LogP) is 2.57. The Labute approximate surface area is 120 Å². The van der Waals surface area contributed by atoms with Crippen molar-refractivity contribution in [2.45, 2.75) is 13.5 Å². The summed E-state index contributed by atoms with van der Waals surface area (Å²) in [7, 11) is 1.92. The molecule has 2 N–H and O–H groups in total. The van der Waals surface area contributed by atoms with E-state index in [0.29, 0.717) is 6.54 Å². The molecule has 2 aromatic rings. The Bertz CT molecular complexity index is 571. The van der Waals surface area contributed by atoms with Crippen LogP contribution in [0.15, 0.2) is 48.8 Å². The van der Waals surface area contributed by atoms with Crippen molar-refractivity contribution in [3.8, 4) is 0 Å². The maximum atomic E-state index is 8.90. The normalized spacial score (nSPS) is 11.4. The Morgan fingerprint density at radius 2 is 1.80 bits per heavy atom. The molecule has 3 nitrogen and oxygen atoms in total. The smallest absolute Gasteiger partial charge is 0.171 e. The molecule has 0 atom stereocenters. The lowest BCUT2D eigenvalue weighted by Crippen LogP contribution is -2.34. The van der Waals surface area contributed by atoms with Crippen LogP contribution in [0.25, 0.3) is 11.6 Å². The van der Waals surface area contributed by atoms with Crippen LogP contribution in [-0.4, -0.2) is 18.8 Å². The number of aliphatic hydroxyl groups is 1. The van der Waals surface area contributed by atoms with Gasteiger partial charge in [-0.05, 0) is 35.8 Å². The van der Waals surface area contributed by atoms with Crippen molar-refractivity contribution in [2.75, 3.05) is 19.0 Å². The van der Waals surface area contributed by atoms with Crippen molar-refractivity contribution < 1.29 is 9.67 Å². The second-order valence-electron chi connectivity index (χ2n) is 4.75.